The minimum atomic E-state index is 0.206. The summed E-state index contributed by atoms with van der Waals surface area (Å²) in [6.07, 6.45) is 0. The molecule has 3 nitrogen and oxygen atoms in total. The summed E-state index contributed by atoms with van der Waals surface area (Å²) in [4.78, 5) is 2.08. The molecule has 0 unspecified atom stereocenters. The van der Waals surface area contributed by atoms with Crippen LogP contribution in [0.25, 0.3) is 0 Å². The Bertz CT molecular complexity index is 258. The summed E-state index contributed by atoms with van der Waals surface area (Å²) >= 11 is 0. The molecule has 1 aromatic carbocycles. The van der Waals surface area contributed by atoms with Crippen molar-refractivity contribution >= 4 is 0 Å². The fourth-order valence-corrected chi connectivity index (χ4v) is 1.34. The van der Waals surface area contributed by atoms with Gasteiger partial charge in [-0.3, -0.25) is 4.90 Å². The molecule has 0 saturated carbocycles. The molecule has 0 aliphatic rings. The van der Waals surface area contributed by atoms with Gasteiger partial charge >= 0.3 is 0 Å². The molecule has 0 aliphatic heterocycles. The normalized spacial score (nSPS) is 10.9. The Hall–Kier alpha value is -0.900. The van der Waals surface area contributed by atoms with Crippen molar-refractivity contribution in [3.8, 4) is 0 Å². The standard InChI is InChI=1S/C11H18N2O/c1-13(6-7-14)9-11-4-2-10(8-12)3-5-11/h2-5,14H,6-9,12H2,1H3. The van der Waals surface area contributed by atoms with Gasteiger partial charge in [0.05, 0.1) is 6.61 Å². The van der Waals surface area contributed by atoms with Gasteiger partial charge < -0.3 is 10.8 Å². The molecule has 0 atom stereocenters. The Morgan fingerprint density at radius 2 is 1.79 bits per heavy atom. The molecule has 0 fully saturated rings. The van der Waals surface area contributed by atoms with Crippen LogP contribution in [-0.2, 0) is 13.1 Å². The zero-order valence-corrected chi connectivity index (χ0v) is 8.61. The van der Waals surface area contributed by atoms with Crippen LogP contribution >= 0.6 is 0 Å². The molecule has 0 amide bonds. The van der Waals surface area contributed by atoms with Gasteiger partial charge in [-0.25, -0.2) is 0 Å². The maximum Gasteiger partial charge on any atom is 0.0558 e. The van der Waals surface area contributed by atoms with Crippen molar-refractivity contribution in [2.24, 2.45) is 5.73 Å². The smallest absolute Gasteiger partial charge is 0.0558 e. The first-order valence-electron chi connectivity index (χ1n) is 4.83. The van der Waals surface area contributed by atoms with Gasteiger partial charge in [0, 0.05) is 19.6 Å². The summed E-state index contributed by atoms with van der Waals surface area (Å²) in [5.74, 6) is 0. The monoisotopic (exact) mass is 194 g/mol. The first-order chi connectivity index (χ1) is 6.76. The lowest BCUT2D eigenvalue weighted by atomic mass is 10.1. The summed E-state index contributed by atoms with van der Waals surface area (Å²) in [6, 6.07) is 8.25. The number of hydrogen-bond donors (Lipinski definition) is 2. The summed E-state index contributed by atoms with van der Waals surface area (Å²) in [5.41, 5.74) is 7.91. The molecule has 0 radical (unpaired) electrons. The molecule has 0 spiro atoms. The number of nitrogens with two attached hydrogens (primary N) is 1. The van der Waals surface area contributed by atoms with Gasteiger partial charge in [0.25, 0.3) is 0 Å². The van der Waals surface area contributed by atoms with Crippen molar-refractivity contribution in [3.05, 3.63) is 35.4 Å². The van der Waals surface area contributed by atoms with E-state index in [2.05, 4.69) is 17.0 Å². The molecule has 0 bridgehead atoms. The second-order valence-electron chi connectivity index (χ2n) is 3.48. The number of rotatable bonds is 5. The predicted molar refractivity (Wildman–Crippen MR) is 57.8 cm³/mol. The molecule has 1 aromatic rings. The van der Waals surface area contributed by atoms with Crippen molar-refractivity contribution in [2.45, 2.75) is 13.1 Å². The van der Waals surface area contributed by atoms with E-state index in [0.29, 0.717) is 13.1 Å². The second kappa shape index (κ2) is 5.75. The van der Waals surface area contributed by atoms with E-state index in [9.17, 15) is 0 Å². The highest BCUT2D eigenvalue weighted by molar-refractivity contribution is 5.22. The van der Waals surface area contributed by atoms with Crippen molar-refractivity contribution in [1.82, 2.24) is 4.90 Å². The Morgan fingerprint density at radius 3 is 2.29 bits per heavy atom. The van der Waals surface area contributed by atoms with E-state index in [1.54, 1.807) is 0 Å². The van der Waals surface area contributed by atoms with E-state index >= 15 is 0 Å². The van der Waals surface area contributed by atoms with E-state index in [4.69, 9.17) is 10.8 Å². The summed E-state index contributed by atoms with van der Waals surface area (Å²) in [5, 5.41) is 8.74. The SMILES string of the molecule is CN(CCO)Cc1ccc(CN)cc1. The highest BCUT2D eigenvalue weighted by Crippen LogP contribution is 2.05. The molecule has 3 heteroatoms. The number of benzene rings is 1. The van der Waals surface area contributed by atoms with Crippen molar-refractivity contribution in [2.75, 3.05) is 20.2 Å². The minimum absolute atomic E-state index is 0.206. The topological polar surface area (TPSA) is 49.5 Å². The van der Waals surface area contributed by atoms with E-state index in [1.807, 2.05) is 19.2 Å². The zero-order valence-electron chi connectivity index (χ0n) is 8.61. The molecule has 0 aromatic heterocycles. The highest BCUT2D eigenvalue weighted by Gasteiger charge is 1.98. The lowest BCUT2D eigenvalue weighted by Crippen LogP contribution is -2.21. The molecule has 3 N–H and O–H groups in total. The van der Waals surface area contributed by atoms with Gasteiger partial charge in [-0.1, -0.05) is 24.3 Å². The lowest BCUT2D eigenvalue weighted by molar-refractivity contribution is 0.217. The van der Waals surface area contributed by atoms with E-state index < -0.39 is 0 Å². The maximum atomic E-state index is 8.74. The van der Waals surface area contributed by atoms with Crippen LogP contribution in [0.2, 0.25) is 0 Å². The van der Waals surface area contributed by atoms with Gasteiger partial charge in [-0.15, -0.1) is 0 Å². The molecule has 0 saturated heterocycles. The van der Waals surface area contributed by atoms with Crippen molar-refractivity contribution in [1.29, 1.82) is 0 Å². The van der Waals surface area contributed by atoms with Crippen LogP contribution < -0.4 is 5.73 Å². The van der Waals surface area contributed by atoms with Crippen LogP contribution in [0, 0.1) is 0 Å². The molecule has 14 heavy (non-hydrogen) atoms. The number of aliphatic hydroxyl groups excluding tert-OH is 1. The van der Waals surface area contributed by atoms with Crippen molar-refractivity contribution < 1.29 is 5.11 Å². The summed E-state index contributed by atoms with van der Waals surface area (Å²) in [6.45, 7) is 2.37. The summed E-state index contributed by atoms with van der Waals surface area (Å²) in [7, 11) is 1.99. The van der Waals surface area contributed by atoms with Crippen molar-refractivity contribution in [3.63, 3.8) is 0 Å². The van der Waals surface area contributed by atoms with Crippen LogP contribution in [0.3, 0.4) is 0 Å². The lowest BCUT2D eigenvalue weighted by Gasteiger charge is -2.14. The highest BCUT2D eigenvalue weighted by atomic mass is 16.3. The van der Waals surface area contributed by atoms with Crippen LogP contribution in [0.15, 0.2) is 24.3 Å². The van der Waals surface area contributed by atoms with E-state index in [1.165, 1.54) is 5.56 Å². The Morgan fingerprint density at radius 1 is 1.21 bits per heavy atom. The first kappa shape index (κ1) is 11.2. The molecule has 1 rings (SSSR count). The Kier molecular flexibility index (Phi) is 4.59. The molecule has 0 aliphatic carbocycles. The minimum Gasteiger partial charge on any atom is -0.395 e. The Labute approximate surface area is 85.2 Å². The fraction of sp³-hybridized carbons (Fsp3) is 0.455. The first-order valence-corrected chi connectivity index (χ1v) is 4.83. The fourth-order valence-electron chi connectivity index (χ4n) is 1.34. The average Bonchev–Trinajstić information content (AvgIpc) is 2.19. The number of aliphatic hydroxyl groups is 1. The van der Waals surface area contributed by atoms with Gasteiger partial charge in [-0.2, -0.15) is 0 Å². The third-order valence-electron chi connectivity index (χ3n) is 2.19. The number of nitrogens with zero attached hydrogens (tertiary/aromatic N) is 1. The van der Waals surface area contributed by atoms with Gasteiger partial charge in [0.15, 0.2) is 0 Å². The van der Waals surface area contributed by atoms with Crippen LogP contribution in [0.4, 0.5) is 0 Å². The molecular weight excluding hydrogens is 176 g/mol. The van der Waals surface area contributed by atoms with E-state index in [-0.39, 0.29) is 6.61 Å². The van der Waals surface area contributed by atoms with Gasteiger partial charge in [-0.05, 0) is 18.2 Å². The van der Waals surface area contributed by atoms with Crippen LogP contribution in [0.5, 0.6) is 0 Å². The summed E-state index contributed by atoms with van der Waals surface area (Å²) < 4.78 is 0. The third kappa shape index (κ3) is 3.46. The van der Waals surface area contributed by atoms with E-state index in [0.717, 1.165) is 12.1 Å². The largest absolute Gasteiger partial charge is 0.395 e. The maximum absolute atomic E-state index is 8.74. The Balaban J connectivity index is 2.50. The third-order valence-corrected chi connectivity index (χ3v) is 2.19. The predicted octanol–water partition coefficient (Wildman–Crippen LogP) is 0.569. The average molecular weight is 194 g/mol. The zero-order chi connectivity index (χ0) is 10.4. The van der Waals surface area contributed by atoms with Gasteiger partial charge in [0.1, 0.15) is 0 Å². The number of hydrogen-bond acceptors (Lipinski definition) is 3. The quantitative estimate of drug-likeness (QED) is 0.720. The van der Waals surface area contributed by atoms with Crippen LogP contribution in [-0.4, -0.2) is 30.2 Å². The van der Waals surface area contributed by atoms with Crippen LogP contribution in [0.1, 0.15) is 11.1 Å². The van der Waals surface area contributed by atoms with Gasteiger partial charge in [0.2, 0.25) is 0 Å². The molecular formula is C11H18N2O. The molecule has 78 valence electrons. The second-order valence-corrected chi connectivity index (χ2v) is 3.48. The molecule has 0 heterocycles. The number of likely N-dealkylation sites (N-methyl/N-ethyl adjacent to an activating group) is 1.